The molecule has 0 aliphatic heterocycles. The lowest BCUT2D eigenvalue weighted by molar-refractivity contribution is 0.0322. The van der Waals surface area contributed by atoms with Gasteiger partial charge in [-0.2, -0.15) is 0 Å². The minimum absolute atomic E-state index is 0.301. The fourth-order valence-electron chi connectivity index (χ4n) is 1.49. The average molecular weight is 314 g/mol. The van der Waals surface area contributed by atoms with Gasteiger partial charge in [0.25, 0.3) is 0 Å². The molecule has 0 saturated heterocycles. The Balaban J connectivity index is 2.79. The van der Waals surface area contributed by atoms with E-state index in [4.69, 9.17) is 4.74 Å². The van der Waals surface area contributed by atoms with Gasteiger partial charge in [0.2, 0.25) is 0 Å². The lowest BCUT2D eigenvalue weighted by Crippen LogP contribution is -2.43. The molecular weight excluding hydrogens is 294 g/mol. The van der Waals surface area contributed by atoms with Crippen molar-refractivity contribution in [3.05, 3.63) is 34.3 Å². The van der Waals surface area contributed by atoms with Gasteiger partial charge < -0.3 is 10.1 Å². The Morgan fingerprint density at radius 2 is 1.83 bits per heavy atom. The molecule has 1 rings (SSSR count). The highest BCUT2D eigenvalue weighted by molar-refractivity contribution is 9.10. The van der Waals surface area contributed by atoms with Gasteiger partial charge in [0.15, 0.2) is 0 Å². The molecule has 4 heteroatoms. The number of carbonyl (C=O) groups excluding carboxylic acids is 1. The van der Waals surface area contributed by atoms with Crippen molar-refractivity contribution >= 4 is 22.0 Å². The Kier molecular flexibility index (Phi) is 4.43. The van der Waals surface area contributed by atoms with Crippen LogP contribution in [0, 0.1) is 0 Å². The topological polar surface area (TPSA) is 38.3 Å². The van der Waals surface area contributed by atoms with Crippen LogP contribution in [0.2, 0.25) is 0 Å². The Bertz CT molecular complexity index is 436. The van der Waals surface area contributed by atoms with E-state index < -0.39 is 11.7 Å². The predicted molar refractivity (Wildman–Crippen MR) is 76.5 cm³/mol. The minimum Gasteiger partial charge on any atom is -0.439 e. The molecule has 0 unspecified atom stereocenters. The predicted octanol–water partition coefficient (Wildman–Crippen LogP) is 4.21. The van der Waals surface area contributed by atoms with Crippen molar-refractivity contribution in [2.45, 2.75) is 45.8 Å². The number of amides is 1. The van der Waals surface area contributed by atoms with Gasteiger partial charge in [0, 0.05) is 10.0 Å². The maximum Gasteiger partial charge on any atom is 0.408 e. The molecule has 0 aromatic heterocycles. The normalized spacial score (nSPS) is 12.1. The molecule has 0 saturated carbocycles. The SMILES string of the molecule is CC(C)(C)NC(=O)OC(C)(C)c1cccc(Br)c1. The molecule has 0 heterocycles. The summed E-state index contributed by atoms with van der Waals surface area (Å²) in [5.74, 6) is 0. The summed E-state index contributed by atoms with van der Waals surface area (Å²) in [5.41, 5.74) is -0.0234. The first-order valence-corrected chi connectivity index (χ1v) is 6.67. The number of alkyl carbamates (subject to hydrolysis) is 1. The van der Waals surface area contributed by atoms with Gasteiger partial charge in [-0.25, -0.2) is 4.79 Å². The summed E-state index contributed by atoms with van der Waals surface area (Å²) < 4.78 is 6.45. The molecule has 0 aliphatic carbocycles. The van der Waals surface area contributed by atoms with Crippen LogP contribution in [-0.4, -0.2) is 11.6 Å². The van der Waals surface area contributed by atoms with E-state index in [0.29, 0.717) is 0 Å². The molecule has 100 valence electrons. The number of halogens is 1. The van der Waals surface area contributed by atoms with Crippen molar-refractivity contribution in [1.29, 1.82) is 0 Å². The van der Waals surface area contributed by atoms with Crippen LogP contribution < -0.4 is 5.32 Å². The largest absolute Gasteiger partial charge is 0.439 e. The molecule has 1 aromatic carbocycles. The smallest absolute Gasteiger partial charge is 0.408 e. The summed E-state index contributed by atoms with van der Waals surface area (Å²) in [7, 11) is 0. The van der Waals surface area contributed by atoms with E-state index in [0.717, 1.165) is 10.0 Å². The van der Waals surface area contributed by atoms with Crippen molar-refractivity contribution in [2.24, 2.45) is 0 Å². The first-order valence-electron chi connectivity index (χ1n) is 5.87. The van der Waals surface area contributed by atoms with Crippen molar-refractivity contribution in [3.8, 4) is 0 Å². The molecule has 0 atom stereocenters. The second kappa shape index (κ2) is 5.31. The van der Waals surface area contributed by atoms with Crippen molar-refractivity contribution in [2.75, 3.05) is 0 Å². The Morgan fingerprint density at radius 1 is 1.22 bits per heavy atom. The molecule has 0 fully saturated rings. The fourth-order valence-corrected chi connectivity index (χ4v) is 1.88. The van der Waals surface area contributed by atoms with E-state index in [9.17, 15) is 4.79 Å². The molecule has 3 nitrogen and oxygen atoms in total. The van der Waals surface area contributed by atoms with Crippen molar-refractivity contribution in [3.63, 3.8) is 0 Å². The third kappa shape index (κ3) is 4.69. The lowest BCUT2D eigenvalue weighted by atomic mass is 9.98. The van der Waals surface area contributed by atoms with Crippen LogP contribution in [0.15, 0.2) is 28.7 Å². The average Bonchev–Trinajstić information content (AvgIpc) is 2.13. The molecule has 18 heavy (non-hydrogen) atoms. The van der Waals surface area contributed by atoms with Gasteiger partial charge >= 0.3 is 6.09 Å². The van der Waals surface area contributed by atoms with Gasteiger partial charge in [-0.1, -0.05) is 28.1 Å². The fraction of sp³-hybridized carbons (Fsp3) is 0.500. The molecule has 1 amide bonds. The monoisotopic (exact) mass is 313 g/mol. The van der Waals surface area contributed by atoms with Gasteiger partial charge in [0.05, 0.1) is 0 Å². The number of hydrogen-bond donors (Lipinski definition) is 1. The molecule has 0 radical (unpaired) electrons. The zero-order valence-corrected chi connectivity index (χ0v) is 13.1. The van der Waals surface area contributed by atoms with Gasteiger partial charge in [-0.05, 0) is 52.3 Å². The van der Waals surface area contributed by atoms with E-state index in [1.807, 2.05) is 58.9 Å². The van der Waals surface area contributed by atoms with Gasteiger partial charge in [-0.3, -0.25) is 0 Å². The third-order valence-electron chi connectivity index (χ3n) is 2.34. The highest BCUT2D eigenvalue weighted by Crippen LogP contribution is 2.27. The number of rotatable bonds is 2. The summed E-state index contributed by atoms with van der Waals surface area (Å²) >= 11 is 3.41. The zero-order valence-electron chi connectivity index (χ0n) is 11.5. The van der Waals surface area contributed by atoms with Gasteiger partial charge in [-0.15, -0.1) is 0 Å². The van der Waals surface area contributed by atoms with Crippen molar-refractivity contribution < 1.29 is 9.53 Å². The van der Waals surface area contributed by atoms with Crippen LogP contribution in [0.3, 0.4) is 0 Å². The summed E-state index contributed by atoms with van der Waals surface area (Å²) in [6, 6.07) is 7.75. The van der Waals surface area contributed by atoms with E-state index >= 15 is 0 Å². The van der Waals surface area contributed by atoms with Crippen LogP contribution in [0.5, 0.6) is 0 Å². The van der Waals surface area contributed by atoms with E-state index in [1.54, 1.807) is 0 Å². The highest BCUT2D eigenvalue weighted by atomic mass is 79.9. The molecule has 1 aromatic rings. The van der Waals surface area contributed by atoms with Crippen molar-refractivity contribution in [1.82, 2.24) is 5.32 Å². The summed E-state index contributed by atoms with van der Waals surface area (Å²) in [4.78, 5) is 11.8. The van der Waals surface area contributed by atoms with Gasteiger partial charge in [0.1, 0.15) is 5.60 Å². The Labute approximate surface area is 117 Å². The van der Waals surface area contributed by atoms with Crippen LogP contribution >= 0.6 is 15.9 Å². The number of benzene rings is 1. The van der Waals surface area contributed by atoms with Crippen LogP contribution in [0.4, 0.5) is 4.79 Å². The first kappa shape index (κ1) is 15.0. The molecular formula is C14H20BrNO2. The maximum atomic E-state index is 11.8. The summed E-state index contributed by atoms with van der Waals surface area (Å²) in [6.07, 6.45) is -0.410. The third-order valence-corrected chi connectivity index (χ3v) is 2.84. The summed E-state index contributed by atoms with van der Waals surface area (Å²) in [5, 5.41) is 2.79. The van der Waals surface area contributed by atoms with E-state index in [-0.39, 0.29) is 5.54 Å². The van der Waals surface area contributed by atoms with Crippen LogP contribution in [-0.2, 0) is 10.3 Å². The number of hydrogen-bond acceptors (Lipinski definition) is 2. The highest BCUT2D eigenvalue weighted by Gasteiger charge is 2.27. The minimum atomic E-state index is -0.668. The maximum absolute atomic E-state index is 11.8. The van der Waals surface area contributed by atoms with E-state index in [2.05, 4.69) is 21.2 Å². The molecule has 1 N–H and O–H groups in total. The number of ether oxygens (including phenoxy) is 1. The number of carbonyl (C=O) groups is 1. The summed E-state index contributed by atoms with van der Waals surface area (Å²) in [6.45, 7) is 9.50. The zero-order chi connectivity index (χ0) is 14.0. The second-order valence-corrected chi connectivity index (χ2v) is 6.70. The molecule has 0 spiro atoms. The Hall–Kier alpha value is -1.03. The van der Waals surface area contributed by atoms with Crippen LogP contribution in [0.1, 0.15) is 40.2 Å². The standard InChI is InChI=1S/C14H20BrNO2/c1-13(2,3)16-12(17)18-14(4,5)10-7-6-8-11(15)9-10/h6-9H,1-5H3,(H,16,17). The number of nitrogens with one attached hydrogen (secondary N) is 1. The first-order chi connectivity index (χ1) is 8.10. The van der Waals surface area contributed by atoms with Crippen LogP contribution in [0.25, 0.3) is 0 Å². The Morgan fingerprint density at radius 3 is 2.33 bits per heavy atom. The quantitative estimate of drug-likeness (QED) is 0.888. The lowest BCUT2D eigenvalue weighted by Gasteiger charge is -2.28. The van der Waals surface area contributed by atoms with E-state index in [1.165, 1.54) is 0 Å². The molecule has 0 aliphatic rings. The molecule has 0 bridgehead atoms. The second-order valence-electron chi connectivity index (χ2n) is 5.79.